The number of carboxylic acids is 1. The van der Waals surface area contributed by atoms with Gasteiger partial charge < -0.3 is 20.1 Å². The fourth-order valence-electron chi connectivity index (χ4n) is 1.75. The number of carbonyl (C=O) groups is 2. The van der Waals surface area contributed by atoms with Gasteiger partial charge in [-0.25, -0.2) is 4.79 Å². The second kappa shape index (κ2) is 7.11. The van der Waals surface area contributed by atoms with Crippen molar-refractivity contribution in [2.75, 3.05) is 32.8 Å². The molecular formula is C11H20N2O4. The third-order valence-corrected chi connectivity index (χ3v) is 2.78. The van der Waals surface area contributed by atoms with Gasteiger partial charge in [-0.05, 0) is 6.42 Å². The molecule has 1 saturated heterocycles. The standard InChI is InChI=1S/C11H20N2O4/c1-2-3-9(10(14)15)8-12-11(16)13-4-6-17-7-5-13/h9H,2-8H2,1H3,(H,12,16)(H,14,15). The molecule has 2 amide bonds. The number of carboxylic acid groups (broad SMARTS) is 1. The molecule has 0 aromatic heterocycles. The minimum absolute atomic E-state index is 0.194. The number of carbonyl (C=O) groups excluding carboxylic acids is 1. The molecule has 98 valence electrons. The molecule has 0 aromatic rings. The van der Waals surface area contributed by atoms with Crippen LogP contribution in [0.4, 0.5) is 4.79 Å². The van der Waals surface area contributed by atoms with E-state index in [1.54, 1.807) is 4.90 Å². The van der Waals surface area contributed by atoms with Crippen molar-refractivity contribution >= 4 is 12.0 Å². The Morgan fingerprint density at radius 3 is 2.59 bits per heavy atom. The lowest BCUT2D eigenvalue weighted by Crippen LogP contribution is -2.47. The summed E-state index contributed by atoms with van der Waals surface area (Å²) in [5, 5.41) is 11.6. The van der Waals surface area contributed by atoms with Crippen LogP contribution in [-0.2, 0) is 9.53 Å². The molecule has 1 unspecified atom stereocenters. The van der Waals surface area contributed by atoms with Gasteiger partial charge in [0.25, 0.3) is 0 Å². The van der Waals surface area contributed by atoms with E-state index in [4.69, 9.17) is 9.84 Å². The number of hydrogen-bond donors (Lipinski definition) is 2. The van der Waals surface area contributed by atoms with E-state index in [1.807, 2.05) is 6.92 Å². The lowest BCUT2D eigenvalue weighted by atomic mass is 10.0. The van der Waals surface area contributed by atoms with Crippen LogP contribution in [0.3, 0.4) is 0 Å². The zero-order valence-electron chi connectivity index (χ0n) is 10.1. The summed E-state index contributed by atoms with van der Waals surface area (Å²) < 4.78 is 5.14. The molecule has 0 saturated carbocycles. The lowest BCUT2D eigenvalue weighted by molar-refractivity contribution is -0.141. The Morgan fingerprint density at radius 2 is 2.06 bits per heavy atom. The van der Waals surface area contributed by atoms with E-state index in [2.05, 4.69) is 5.32 Å². The Balaban J connectivity index is 2.32. The molecule has 1 heterocycles. The van der Waals surface area contributed by atoms with E-state index < -0.39 is 11.9 Å². The van der Waals surface area contributed by atoms with Crippen molar-refractivity contribution in [1.29, 1.82) is 0 Å². The van der Waals surface area contributed by atoms with Crippen molar-refractivity contribution in [2.24, 2.45) is 5.92 Å². The van der Waals surface area contributed by atoms with Gasteiger partial charge in [0, 0.05) is 19.6 Å². The Kier molecular flexibility index (Phi) is 5.76. The van der Waals surface area contributed by atoms with Crippen LogP contribution in [0.1, 0.15) is 19.8 Å². The van der Waals surface area contributed by atoms with E-state index in [-0.39, 0.29) is 12.6 Å². The number of amides is 2. The van der Waals surface area contributed by atoms with Gasteiger partial charge in [-0.1, -0.05) is 13.3 Å². The van der Waals surface area contributed by atoms with Crippen molar-refractivity contribution in [3.05, 3.63) is 0 Å². The first-order valence-corrected chi connectivity index (χ1v) is 5.98. The molecule has 0 aromatic carbocycles. The van der Waals surface area contributed by atoms with Gasteiger partial charge >= 0.3 is 12.0 Å². The first kappa shape index (κ1) is 13.8. The molecule has 1 aliphatic heterocycles. The van der Waals surface area contributed by atoms with Gasteiger partial charge in [-0.3, -0.25) is 4.79 Å². The van der Waals surface area contributed by atoms with Crippen LogP contribution in [0.2, 0.25) is 0 Å². The molecule has 1 fully saturated rings. The Hall–Kier alpha value is -1.30. The smallest absolute Gasteiger partial charge is 0.317 e. The normalized spacial score (nSPS) is 17.6. The van der Waals surface area contributed by atoms with Crippen molar-refractivity contribution < 1.29 is 19.4 Å². The highest BCUT2D eigenvalue weighted by atomic mass is 16.5. The van der Waals surface area contributed by atoms with Crippen LogP contribution in [0.25, 0.3) is 0 Å². The minimum Gasteiger partial charge on any atom is -0.481 e. The summed E-state index contributed by atoms with van der Waals surface area (Å²) in [6.07, 6.45) is 1.38. The third kappa shape index (κ3) is 4.60. The average Bonchev–Trinajstić information content (AvgIpc) is 2.34. The number of aliphatic carboxylic acids is 1. The van der Waals surface area contributed by atoms with Crippen LogP contribution in [0.5, 0.6) is 0 Å². The molecule has 6 nitrogen and oxygen atoms in total. The molecule has 1 atom stereocenters. The number of rotatable bonds is 5. The Bertz CT molecular complexity index is 264. The molecule has 0 spiro atoms. The molecule has 6 heteroatoms. The molecule has 0 radical (unpaired) electrons. The summed E-state index contributed by atoms with van der Waals surface area (Å²) in [6.45, 7) is 4.35. The largest absolute Gasteiger partial charge is 0.481 e. The van der Waals surface area contributed by atoms with Crippen LogP contribution in [0, 0.1) is 5.92 Å². The second-order valence-electron chi connectivity index (χ2n) is 4.11. The second-order valence-corrected chi connectivity index (χ2v) is 4.11. The molecule has 0 aliphatic carbocycles. The topological polar surface area (TPSA) is 78.9 Å². The van der Waals surface area contributed by atoms with Crippen LogP contribution in [0.15, 0.2) is 0 Å². The number of nitrogens with zero attached hydrogens (tertiary/aromatic N) is 1. The van der Waals surface area contributed by atoms with Crippen LogP contribution in [-0.4, -0.2) is 54.9 Å². The van der Waals surface area contributed by atoms with E-state index in [0.29, 0.717) is 32.7 Å². The highest BCUT2D eigenvalue weighted by molar-refractivity contribution is 5.76. The summed E-state index contributed by atoms with van der Waals surface area (Å²) in [5.74, 6) is -1.35. The lowest BCUT2D eigenvalue weighted by Gasteiger charge is -2.27. The maximum absolute atomic E-state index is 11.7. The molecule has 0 bridgehead atoms. The predicted molar refractivity (Wildman–Crippen MR) is 61.8 cm³/mol. The number of ether oxygens (including phenoxy) is 1. The fourth-order valence-corrected chi connectivity index (χ4v) is 1.75. The highest BCUT2D eigenvalue weighted by Gasteiger charge is 2.20. The van der Waals surface area contributed by atoms with Crippen molar-refractivity contribution in [3.8, 4) is 0 Å². The van der Waals surface area contributed by atoms with Gasteiger partial charge in [-0.2, -0.15) is 0 Å². The maximum atomic E-state index is 11.7. The monoisotopic (exact) mass is 244 g/mol. The first-order chi connectivity index (χ1) is 8.15. The van der Waals surface area contributed by atoms with Crippen molar-refractivity contribution in [3.63, 3.8) is 0 Å². The summed E-state index contributed by atoms with van der Waals surface area (Å²) in [6, 6.07) is -0.198. The van der Waals surface area contributed by atoms with Gasteiger partial charge in [0.15, 0.2) is 0 Å². The number of hydrogen-bond acceptors (Lipinski definition) is 3. The van der Waals surface area contributed by atoms with Crippen molar-refractivity contribution in [2.45, 2.75) is 19.8 Å². The third-order valence-electron chi connectivity index (χ3n) is 2.78. The SMILES string of the molecule is CCCC(CNC(=O)N1CCOCC1)C(=O)O. The zero-order valence-corrected chi connectivity index (χ0v) is 10.1. The zero-order chi connectivity index (χ0) is 12.7. The van der Waals surface area contributed by atoms with Crippen molar-refractivity contribution in [1.82, 2.24) is 10.2 Å². The summed E-state index contributed by atoms with van der Waals surface area (Å²) in [7, 11) is 0. The van der Waals surface area contributed by atoms with Gasteiger partial charge in [0.2, 0.25) is 0 Å². The van der Waals surface area contributed by atoms with Gasteiger partial charge in [0.05, 0.1) is 19.1 Å². The van der Waals surface area contributed by atoms with E-state index >= 15 is 0 Å². The summed E-state index contributed by atoms with van der Waals surface area (Å²) in [5.41, 5.74) is 0. The Labute approximate surface area is 101 Å². The summed E-state index contributed by atoms with van der Waals surface area (Å²) >= 11 is 0. The summed E-state index contributed by atoms with van der Waals surface area (Å²) in [4.78, 5) is 24.2. The number of nitrogens with one attached hydrogen (secondary N) is 1. The fraction of sp³-hybridized carbons (Fsp3) is 0.818. The maximum Gasteiger partial charge on any atom is 0.317 e. The Morgan fingerprint density at radius 1 is 1.41 bits per heavy atom. The van der Waals surface area contributed by atoms with Gasteiger partial charge in [0.1, 0.15) is 0 Å². The van der Waals surface area contributed by atoms with E-state index in [9.17, 15) is 9.59 Å². The molecular weight excluding hydrogens is 224 g/mol. The molecule has 1 rings (SSSR count). The molecule has 1 aliphatic rings. The van der Waals surface area contributed by atoms with Crippen LogP contribution >= 0.6 is 0 Å². The molecule has 17 heavy (non-hydrogen) atoms. The van der Waals surface area contributed by atoms with Gasteiger partial charge in [-0.15, -0.1) is 0 Å². The highest BCUT2D eigenvalue weighted by Crippen LogP contribution is 2.05. The van der Waals surface area contributed by atoms with Crippen LogP contribution < -0.4 is 5.32 Å². The minimum atomic E-state index is -0.853. The molecule has 2 N–H and O–H groups in total. The predicted octanol–water partition coefficient (Wildman–Crippen LogP) is 0.529. The first-order valence-electron chi connectivity index (χ1n) is 5.98. The number of urea groups is 1. The average molecular weight is 244 g/mol. The van der Waals surface area contributed by atoms with E-state index in [0.717, 1.165) is 6.42 Å². The number of morpholine rings is 1. The van der Waals surface area contributed by atoms with E-state index in [1.165, 1.54) is 0 Å². The quantitative estimate of drug-likeness (QED) is 0.739.